The Kier molecular flexibility index (Phi) is 2.77. The number of hydrogen-bond donors (Lipinski definition) is 1. The van der Waals surface area contributed by atoms with Crippen molar-refractivity contribution in [3.8, 4) is 16.9 Å². The van der Waals surface area contributed by atoms with Crippen LogP contribution >= 0.6 is 0 Å². The first kappa shape index (κ1) is 10.5. The number of anilines is 1. The van der Waals surface area contributed by atoms with Gasteiger partial charge in [0.05, 0.1) is 7.11 Å². The molecule has 2 rings (SSSR count). The maximum atomic E-state index is 13.6. The number of rotatable bonds is 2. The molecular weight excluding hydrogens is 205 g/mol. The van der Waals surface area contributed by atoms with Gasteiger partial charge in [0.25, 0.3) is 0 Å². The molecule has 0 bridgehead atoms. The van der Waals surface area contributed by atoms with Gasteiger partial charge >= 0.3 is 0 Å². The molecule has 3 heteroatoms. The molecule has 16 heavy (non-hydrogen) atoms. The second-order valence-electron chi connectivity index (χ2n) is 3.47. The van der Waals surface area contributed by atoms with Crippen LogP contribution in [-0.4, -0.2) is 7.11 Å². The summed E-state index contributed by atoms with van der Waals surface area (Å²) in [6.45, 7) is 0. The highest BCUT2D eigenvalue weighted by molar-refractivity contribution is 5.68. The fourth-order valence-electron chi connectivity index (χ4n) is 1.53. The second-order valence-corrected chi connectivity index (χ2v) is 3.47. The molecule has 82 valence electrons. The minimum absolute atomic E-state index is 0.278. The first-order chi connectivity index (χ1) is 7.70. The van der Waals surface area contributed by atoms with Crippen LogP contribution in [0, 0.1) is 5.82 Å². The average molecular weight is 217 g/mol. The third-order valence-corrected chi connectivity index (χ3v) is 2.39. The smallest absolute Gasteiger partial charge is 0.131 e. The molecule has 2 aromatic rings. The molecule has 0 saturated carbocycles. The van der Waals surface area contributed by atoms with Gasteiger partial charge in [-0.05, 0) is 35.9 Å². The first-order valence-corrected chi connectivity index (χ1v) is 4.90. The van der Waals surface area contributed by atoms with Crippen molar-refractivity contribution in [3.05, 3.63) is 48.3 Å². The van der Waals surface area contributed by atoms with Gasteiger partial charge < -0.3 is 10.5 Å². The van der Waals surface area contributed by atoms with Gasteiger partial charge in [-0.25, -0.2) is 4.39 Å². The molecule has 0 heterocycles. The predicted molar refractivity (Wildman–Crippen MR) is 62.8 cm³/mol. The maximum Gasteiger partial charge on any atom is 0.131 e. The number of halogens is 1. The third kappa shape index (κ3) is 1.98. The van der Waals surface area contributed by atoms with Crippen molar-refractivity contribution in [1.82, 2.24) is 0 Å². The van der Waals surface area contributed by atoms with E-state index in [9.17, 15) is 4.39 Å². The van der Waals surface area contributed by atoms with Crippen LogP contribution in [0.25, 0.3) is 11.1 Å². The molecule has 2 nitrogen and oxygen atoms in total. The van der Waals surface area contributed by atoms with Crippen molar-refractivity contribution >= 4 is 5.69 Å². The number of nitrogens with two attached hydrogens (primary N) is 1. The lowest BCUT2D eigenvalue weighted by Crippen LogP contribution is -1.89. The zero-order valence-corrected chi connectivity index (χ0v) is 8.91. The van der Waals surface area contributed by atoms with Crippen LogP contribution in [0.4, 0.5) is 10.1 Å². The monoisotopic (exact) mass is 217 g/mol. The van der Waals surface area contributed by atoms with Crippen molar-refractivity contribution in [1.29, 1.82) is 0 Å². The normalized spacial score (nSPS) is 10.1. The van der Waals surface area contributed by atoms with Gasteiger partial charge in [0.1, 0.15) is 11.6 Å². The fraction of sp³-hybridized carbons (Fsp3) is 0.0769. The average Bonchev–Trinajstić information content (AvgIpc) is 2.32. The molecule has 0 aliphatic heterocycles. The quantitative estimate of drug-likeness (QED) is 0.784. The van der Waals surface area contributed by atoms with Crippen LogP contribution in [0.3, 0.4) is 0 Å². The zero-order valence-electron chi connectivity index (χ0n) is 8.91. The van der Waals surface area contributed by atoms with Gasteiger partial charge in [-0.2, -0.15) is 0 Å². The van der Waals surface area contributed by atoms with Gasteiger partial charge in [-0.3, -0.25) is 0 Å². The maximum absolute atomic E-state index is 13.6. The van der Waals surface area contributed by atoms with Gasteiger partial charge in [0.15, 0.2) is 0 Å². The molecule has 0 atom stereocenters. The fourth-order valence-corrected chi connectivity index (χ4v) is 1.53. The predicted octanol–water partition coefficient (Wildman–Crippen LogP) is 3.08. The molecular formula is C13H12FNO. The minimum atomic E-state index is -0.278. The Hall–Kier alpha value is -2.03. The molecule has 0 saturated heterocycles. The van der Waals surface area contributed by atoms with Crippen molar-refractivity contribution in [2.45, 2.75) is 0 Å². The van der Waals surface area contributed by atoms with Gasteiger partial charge in [-0.15, -0.1) is 0 Å². The largest absolute Gasteiger partial charge is 0.497 e. The van der Waals surface area contributed by atoms with E-state index in [1.165, 1.54) is 6.07 Å². The van der Waals surface area contributed by atoms with E-state index in [1.807, 2.05) is 0 Å². The standard InChI is InChI=1S/C13H12FNO/c1-16-11-5-2-9(3-6-11)12-8-10(15)4-7-13(12)14/h2-8H,15H2,1H3. The van der Waals surface area contributed by atoms with E-state index in [4.69, 9.17) is 10.5 Å². The van der Waals surface area contributed by atoms with Crippen molar-refractivity contribution in [2.24, 2.45) is 0 Å². The Bertz CT molecular complexity index is 494. The van der Waals surface area contributed by atoms with Gasteiger partial charge in [-0.1, -0.05) is 12.1 Å². The van der Waals surface area contributed by atoms with E-state index < -0.39 is 0 Å². The van der Waals surface area contributed by atoms with E-state index in [0.717, 1.165) is 11.3 Å². The van der Waals surface area contributed by atoms with Crippen LogP contribution < -0.4 is 10.5 Å². The highest BCUT2D eigenvalue weighted by Crippen LogP contribution is 2.26. The summed E-state index contributed by atoms with van der Waals surface area (Å²) in [5.41, 5.74) is 7.46. The SMILES string of the molecule is COc1ccc(-c2cc(N)ccc2F)cc1. The summed E-state index contributed by atoms with van der Waals surface area (Å²) < 4.78 is 18.6. The summed E-state index contributed by atoms with van der Waals surface area (Å²) in [4.78, 5) is 0. The summed E-state index contributed by atoms with van der Waals surface area (Å²) >= 11 is 0. The molecule has 0 radical (unpaired) electrons. The Morgan fingerprint density at radius 3 is 2.38 bits per heavy atom. The van der Waals surface area contributed by atoms with Crippen molar-refractivity contribution in [3.63, 3.8) is 0 Å². The Labute approximate surface area is 93.5 Å². The van der Waals surface area contributed by atoms with Crippen LogP contribution in [0.15, 0.2) is 42.5 Å². The van der Waals surface area contributed by atoms with E-state index in [-0.39, 0.29) is 5.82 Å². The van der Waals surface area contributed by atoms with Crippen LogP contribution in [-0.2, 0) is 0 Å². The molecule has 0 aliphatic carbocycles. The van der Waals surface area contributed by atoms with Gasteiger partial charge in [0.2, 0.25) is 0 Å². The Balaban J connectivity index is 2.45. The van der Waals surface area contributed by atoms with E-state index in [1.54, 1.807) is 43.5 Å². The molecule has 0 spiro atoms. The van der Waals surface area contributed by atoms with E-state index >= 15 is 0 Å². The lowest BCUT2D eigenvalue weighted by molar-refractivity contribution is 0.415. The number of nitrogen functional groups attached to an aromatic ring is 1. The number of benzene rings is 2. The van der Waals surface area contributed by atoms with Crippen molar-refractivity contribution < 1.29 is 9.13 Å². The first-order valence-electron chi connectivity index (χ1n) is 4.90. The summed E-state index contributed by atoms with van der Waals surface area (Å²) in [5.74, 6) is 0.465. The van der Waals surface area contributed by atoms with E-state index in [0.29, 0.717) is 11.3 Å². The molecule has 0 aromatic heterocycles. The number of ether oxygens (including phenoxy) is 1. The van der Waals surface area contributed by atoms with E-state index in [2.05, 4.69) is 0 Å². The molecule has 0 unspecified atom stereocenters. The molecule has 2 aromatic carbocycles. The Morgan fingerprint density at radius 2 is 1.75 bits per heavy atom. The minimum Gasteiger partial charge on any atom is -0.497 e. The topological polar surface area (TPSA) is 35.2 Å². The Morgan fingerprint density at radius 1 is 1.06 bits per heavy atom. The number of methoxy groups -OCH3 is 1. The highest BCUT2D eigenvalue weighted by atomic mass is 19.1. The second kappa shape index (κ2) is 4.23. The third-order valence-electron chi connectivity index (χ3n) is 2.39. The molecule has 2 N–H and O–H groups in total. The van der Waals surface area contributed by atoms with Crippen LogP contribution in [0.5, 0.6) is 5.75 Å². The number of hydrogen-bond acceptors (Lipinski definition) is 2. The zero-order chi connectivity index (χ0) is 11.5. The van der Waals surface area contributed by atoms with Crippen LogP contribution in [0.1, 0.15) is 0 Å². The van der Waals surface area contributed by atoms with Gasteiger partial charge in [0, 0.05) is 11.3 Å². The molecule has 0 fully saturated rings. The van der Waals surface area contributed by atoms with Crippen molar-refractivity contribution in [2.75, 3.05) is 12.8 Å². The summed E-state index contributed by atoms with van der Waals surface area (Å²) in [6.07, 6.45) is 0. The molecule has 0 amide bonds. The lowest BCUT2D eigenvalue weighted by Gasteiger charge is -2.06. The van der Waals surface area contributed by atoms with Crippen LogP contribution in [0.2, 0.25) is 0 Å². The summed E-state index contributed by atoms with van der Waals surface area (Å²) in [6, 6.07) is 11.7. The highest BCUT2D eigenvalue weighted by Gasteiger charge is 2.05. The summed E-state index contributed by atoms with van der Waals surface area (Å²) in [5, 5.41) is 0. The summed E-state index contributed by atoms with van der Waals surface area (Å²) in [7, 11) is 1.59. The lowest BCUT2D eigenvalue weighted by atomic mass is 10.0. The molecule has 0 aliphatic rings.